The van der Waals surface area contributed by atoms with Crippen LogP contribution in [0, 0.1) is 0 Å². The molecule has 0 unspecified atom stereocenters. The highest BCUT2D eigenvalue weighted by atomic mass is 35.5. The maximum atomic E-state index is 12.4. The molecule has 0 spiro atoms. The Hall–Kier alpha value is -0.770. The third kappa shape index (κ3) is 4.10. The predicted octanol–water partition coefficient (Wildman–Crippen LogP) is 1.24. The van der Waals surface area contributed by atoms with Crippen LogP contribution in [0.25, 0.3) is 0 Å². The van der Waals surface area contributed by atoms with Crippen LogP contribution in [0.4, 0.5) is 8.78 Å². The quantitative estimate of drug-likeness (QED) is 0.848. The van der Waals surface area contributed by atoms with E-state index in [1.165, 1.54) is 5.38 Å². The van der Waals surface area contributed by atoms with Crippen molar-refractivity contribution in [3.05, 3.63) is 16.3 Å². The number of thiophene rings is 1. The standard InChI is InChI=1S/C9H12F2N2O3S2.ClH/c1-5(4-12)13-8(14)7-6(2-3-17-7)18(15,16)9(10)11;/h2-3,5,9H,4,12H2,1H3,(H,13,14);1H/t5-;/m0./s1. The van der Waals surface area contributed by atoms with Gasteiger partial charge in [0.1, 0.15) is 4.88 Å². The molecule has 10 heteroatoms. The average Bonchev–Trinajstić information content (AvgIpc) is 2.77. The first kappa shape index (κ1) is 18.2. The summed E-state index contributed by atoms with van der Waals surface area (Å²) in [7, 11) is -4.77. The van der Waals surface area contributed by atoms with Crippen LogP contribution in [0.1, 0.15) is 16.6 Å². The Bertz CT molecular complexity index is 533. The molecule has 1 heterocycles. The zero-order valence-corrected chi connectivity index (χ0v) is 12.2. The molecule has 19 heavy (non-hydrogen) atoms. The number of sulfone groups is 1. The van der Waals surface area contributed by atoms with Crippen LogP contribution in [-0.2, 0) is 9.84 Å². The molecule has 0 aliphatic carbocycles. The number of nitrogens with two attached hydrogens (primary N) is 1. The van der Waals surface area contributed by atoms with Gasteiger partial charge in [-0.25, -0.2) is 8.42 Å². The van der Waals surface area contributed by atoms with Gasteiger partial charge in [0, 0.05) is 12.6 Å². The zero-order chi connectivity index (χ0) is 13.9. The third-order valence-corrected chi connectivity index (χ3v) is 4.57. The largest absolute Gasteiger partial charge is 0.348 e. The van der Waals surface area contributed by atoms with Crippen LogP contribution in [0.5, 0.6) is 0 Å². The molecular formula is C9H13ClF2N2O3S2. The third-order valence-electron chi connectivity index (χ3n) is 2.11. The Labute approximate surface area is 119 Å². The fourth-order valence-corrected chi connectivity index (χ4v) is 3.20. The van der Waals surface area contributed by atoms with Gasteiger partial charge < -0.3 is 11.1 Å². The molecule has 3 N–H and O–H groups in total. The predicted molar refractivity (Wildman–Crippen MR) is 70.7 cm³/mol. The Morgan fingerprint density at radius 3 is 2.58 bits per heavy atom. The first-order valence-corrected chi connectivity index (χ1v) is 7.33. The van der Waals surface area contributed by atoms with Crippen LogP contribution in [-0.4, -0.2) is 32.7 Å². The van der Waals surface area contributed by atoms with Gasteiger partial charge in [-0.1, -0.05) is 0 Å². The lowest BCUT2D eigenvalue weighted by molar-refractivity contribution is 0.0942. The van der Waals surface area contributed by atoms with Gasteiger partial charge in [-0.05, 0) is 18.4 Å². The van der Waals surface area contributed by atoms with Crippen molar-refractivity contribution in [2.24, 2.45) is 5.73 Å². The summed E-state index contributed by atoms with van der Waals surface area (Å²) in [5.41, 5.74) is 5.30. The number of carbonyl (C=O) groups is 1. The lowest BCUT2D eigenvalue weighted by Crippen LogP contribution is -2.38. The molecule has 1 aromatic heterocycles. The molecule has 110 valence electrons. The fourth-order valence-electron chi connectivity index (χ4n) is 1.13. The monoisotopic (exact) mass is 334 g/mol. The Kier molecular flexibility index (Phi) is 6.84. The topological polar surface area (TPSA) is 89.3 Å². The summed E-state index contributed by atoms with van der Waals surface area (Å²) < 4.78 is 47.5. The van der Waals surface area contributed by atoms with E-state index < -0.39 is 26.4 Å². The summed E-state index contributed by atoms with van der Waals surface area (Å²) in [6.07, 6.45) is 0. The van der Waals surface area contributed by atoms with Gasteiger partial charge in [0.2, 0.25) is 9.84 Å². The van der Waals surface area contributed by atoms with Gasteiger partial charge in [0.25, 0.3) is 5.91 Å². The lowest BCUT2D eigenvalue weighted by Gasteiger charge is -2.11. The van der Waals surface area contributed by atoms with E-state index in [9.17, 15) is 22.0 Å². The molecule has 0 aliphatic rings. The highest BCUT2D eigenvalue weighted by Crippen LogP contribution is 2.26. The molecule has 1 amide bonds. The first-order valence-electron chi connectivity index (χ1n) is 4.91. The van der Waals surface area contributed by atoms with Crippen LogP contribution >= 0.6 is 23.7 Å². The van der Waals surface area contributed by atoms with E-state index in [4.69, 9.17) is 5.73 Å². The molecule has 0 aromatic carbocycles. The van der Waals surface area contributed by atoms with E-state index in [-0.39, 0.29) is 29.9 Å². The number of alkyl halides is 2. The van der Waals surface area contributed by atoms with Crippen LogP contribution < -0.4 is 11.1 Å². The smallest absolute Gasteiger partial charge is 0.341 e. The molecule has 0 saturated heterocycles. The number of halogens is 3. The van der Waals surface area contributed by atoms with Crippen molar-refractivity contribution in [1.29, 1.82) is 0 Å². The number of nitrogens with one attached hydrogen (secondary N) is 1. The van der Waals surface area contributed by atoms with E-state index in [0.717, 1.165) is 17.4 Å². The zero-order valence-electron chi connectivity index (χ0n) is 9.80. The van der Waals surface area contributed by atoms with Crippen molar-refractivity contribution >= 4 is 39.5 Å². The van der Waals surface area contributed by atoms with E-state index in [1.54, 1.807) is 6.92 Å². The highest BCUT2D eigenvalue weighted by Gasteiger charge is 2.32. The molecule has 0 bridgehead atoms. The van der Waals surface area contributed by atoms with Crippen LogP contribution in [0.15, 0.2) is 16.3 Å². The number of carbonyl (C=O) groups excluding carboxylic acids is 1. The molecule has 1 aromatic rings. The Morgan fingerprint density at radius 1 is 1.53 bits per heavy atom. The SMILES string of the molecule is C[C@@H](CN)NC(=O)c1sccc1S(=O)(=O)C(F)F.Cl. The maximum Gasteiger partial charge on any atom is 0.341 e. The second kappa shape index (κ2) is 7.13. The van der Waals surface area contributed by atoms with Gasteiger partial charge in [0.15, 0.2) is 0 Å². The van der Waals surface area contributed by atoms with E-state index in [2.05, 4.69) is 5.32 Å². The molecule has 0 radical (unpaired) electrons. The average molecular weight is 335 g/mol. The van der Waals surface area contributed by atoms with Crippen molar-refractivity contribution in [1.82, 2.24) is 5.32 Å². The minimum absolute atomic E-state index is 0. The number of hydrogen-bond donors (Lipinski definition) is 2. The van der Waals surface area contributed by atoms with Crippen LogP contribution in [0.3, 0.4) is 0 Å². The summed E-state index contributed by atoms with van der Waals surface area (Å²) in [6.45, 7) is 1.78. The van der Waals surface area contributed by atoms with Gasteiger partial charge in [-0.15, -0.1) is 23.7 Å². The van der Waals surface area contributed by atoms with Crippen molar-refractivity contribution < 1.29 is 22.0 Å². The van der Waals surface area contributed by atoms with Crippen molar-refractivity contribution in [3.8, 4) is 0 Å². The Morgan fingerprint density at radius 2 is 2.11 bits per heavy atom. The normalized spacial score (nSPS) is 12.9. The summed E-state index contributed by atoms with van der Waals surface area (Å²) in [4.78, 5) is 10.8. The number of rotatable bonds is 5. The van der Waals surface area contributed by atoms with Gasteiger partial charge in [-0.2, -0.15) is 8.78 Å². The van der Waals surface area contributed by atoms with Crippen molar-refractivity contribution in [2.75, 3.05) is 6.54 Å². The Balaban J connectivity index is 0.00000324. The number of hydrogen-bond acceptors (Lipinski definition) is 5. The molecular weight excluding hydrogens is 322 g/mol. The molecule has 5 nitrogen and oxygen atoms in total. The van der Waals surface area contributed by atoms with E-state index in [1.807, 2.05) is 0 Å². The van der Waals surface area contributed by atoms with E-state index >= 15 is 0 Å². The van der Waals surface area contributed by atoms with Crippen LogP contribution in [0.2, 0.25) is 0 Å². The maximum absolute atomic E-state index is 12.4. The lowest BCUT2D eigenvalue weighted by atomic mass is 10.3. The fraction of sp³-hybridized carbons (Fsp3) is 0.444. The first-order chi connectivity index (χ1) is 8.30. The molecule has 1 rings (SSSR count). The molecule has 0 fully saturated rings. The van der Waals surface area contributed by atoms with Gasteiger partial charge in [0.05, 0.1) is 4.90 Å². The second-order valence-electron chi connectivity index (χ2n) is 3.53. The summed E-state index contributed by atoms with van der Waals surface area (Å²) in [6, 6.07) is 0.621. The minimum atomic E-state index is -4.77. The van der Waals surface area contributed by atoms with Crippen molar-refractivity contribution in [3.63, 3.8) is 0 Å². The van der Waals surface area contributed by atoms with Crippen molar-refractivity contribution in [2.45, 2.75) is 23.6 Å². The van der Waals surface area contributed by atoms with Gasteiger partial charge in [-0.3, -0.25) is 4.79 Å². The van der Waals surface area contributed by atoms with E-state index in [0.29, 0.717) is 0 Å². The summed E-state index contributed by atoms with van der Waals surface area (Å²) >= 11 is 0.789. The highest BCUT2D eigenvalue weighted by molar-refractivity contribution is 7.92. The molecule has 0 aliphatic heterocycles. The second-order valence-corrected chi connectivity index (χ2v) is 6.33. The molecule has 0 saturated carbocycles. The molecule has 1 atom stereocenters. The minimum Gasteiger partial charge on any atom is -0.348 e. The van der Waals surface area contributed by atoms with Gasteiger partial charge >= 0.3 is 5.76 Å². The summed E-state index contributed by atoms with van der Waals surface area (Å²) in [5.74, 6) is -4.27. The number of amides is 1. The summed E-state index contributed by atoms with van der Waals surface area (Å²) in [5, 5.41) is 3.70.